The maximum atomic E-state index is 12.5. The fourth-order valence-corrected chi connectivity index (χ4v) is 3.18. The van der Waals surface area contributed by atoms with Gasteiger partial charge in [0.05, 0.1) is 12.0 Å². The summed E-state index contributed by atoms with van der Waals surface area (Å²) < 4.78 is 28.9. The molecule has 0 aliphatic carbocycles. The van der Waals surface area contributed by atoms with Crippen LogP contribution >= 0.6 is 0 Å². The lowest BCUT2D eigenvalue weighted by Gasteiger charge is -2.36. The summed E-state index contributed by atoms with van der Waals surface area (Å²) in [7, 11) is 0. The number of aliphatic carboxylic acids is 1. The number of hydrogen-bond donors (Lipinski definition) is 1. The Morgan fingerprint density at radius 1 is 0.958 bits per heavy atom. The van der Waals surface area contributed by atoms with Gasteiger partial charge in [-0.25, -0.2) is 0 Å². The van der Waals surface area contributed by atoms with Gasteiger partial charge in [0.1, 0.15) is 18.3 Å². The summed E-state index contributed by atoms with van der Waals surface area (Å²) in [6, 6.07) is -1.16. The predicted octanol–water partition coefficient (Wildman–Crippen LogP) is -1.36. The van der Waals surface area contributed by atoms with Crippen LogP contribution in [0.2, 0.25) is 0 Å². The molecule has 1 amide bonds. The van der Waals surface area contributed by atoms with E-state index in [4.69, 9.17) is 23.7 Å². The lowest BCUT2D eigenvalue weighted by atomic mass is 9.98. The lowest BCUT2D eigenvalue weighted by molar-refractivity contribution is -0.308. The van der Waals surface area contributed by atoms with Crippen LogP contribution in [0.3, 0.4) is 0 Å². The van der Waals surface area contributed by atoms with Crippen LogP contribution in [0.25, 0.3) is 0 Å². The van der Waals surface area contributed by atoms with E-state index in [9.17, 15) is 14.7 Å². The Hall–Kier alpha value is -1.26. The molecule has 24 heavy (non-hydrogen) atoms. The van der Waals surface area contributed by atoms with Gasteiger partial charge in [-0.1, -0.05) is 0 Å². The molecule has 9 nitrogen and oxygen atoms in total. The number of carboxylic acids is 1. The van der Waals surface area contributed by atoms with E-state index in [1.54, 1.807) is 27.7 Å². The monoisotopic (exact) mass is 344 g/mol. The number of carbonyl (C=O) groups excluding carboxylic acids is 2. The smallest absolute Gasteiger partial charge is 0.252 e. The second kappa shape index (κ2) is 5.63. The van der Waals surface area contributed by atoms with E-state index in [0.29, 0.717) is 0 Å². The Kier molecular flexibility index (Phi) is 4.12. The van der Waals surface area contributed by atoms with Gasteiger partial charge in [0.25, 0.3) is 5.91 Å². The summed E-state index contributed by atoms with van der Waals surface area (Å²) in [6.07, 6.45) is -3.76. The van der Waals surface area contributed by atoms with Gasteiger partial charge in [-0.2, -0.15) is 0 Å². The van der Waals surface area contributed by atoms with Crippen LogP contribution in [0, 0.1) is 0 Å². The van der Waals surface area contributed by atoms with Crippen molar-refractivity contribution in [3.8, 4) is 0 Å². The summed E-state index contributed by atoms with van der Waals surface area (Å²) in [5, 5.41) is 13.2. The van der Waals surface area contributed by atoms with Crippen LogP contribution in [0.5, 0.6) is 0 Å². The molecule has 0 spiro atoms. The van der Waals surface area contributed by atoms with Gasteiger partial charge in [-0.15, -0.1) is 0 Å². The largest absolute Gasteiger partial charge is 0.548 e. The van der Waals surface area contributed by atoms with Gasteiger partial charge in [0.2, 0.25) is 0 Å². The van der Waals surface area contributed by atoms with Crippen molar-refractivity contribution in [3.05, 3.63) is 0 Å². The quantitative estimate of drug-likeness (QED) is 0.667. The molecule has 1 N–H and O–H groups in total. The third-order valence-electron chi connectivity index (χ3n) is 4.13. The maximum Gasteiger partial charge on any atom is 0.252 e. The van der Waals surface area contributed by atoms with Gasteiger partial charge >= 0.3 is 0 Å². The first-order chi connectivity index (χ1) is 11.0. The molecule has 3 rings (SSSR count). The first kappa shape index (κ1) is 17.6. The van der Waals surface area contributed by atoms with Crippen LogP contribution in [-0.2, 0) is 33.3 Å². The van der Waals surface area contributed by atoms with Crippen molar-refractivity contribution >= 4 is 11.9 Å². The standard InChI is InChI=1S/C15H23NO8/c1-6(12(18)19)16-11(17)9-7-8(22-14(2,3)21-7)10-13(20-9)24-15(4,5)23-10/h6-10,13H,1-5H3,(H,16,17)(H,18,19)/p-1/t6-,7+,8+,9+,10-,13+/m1/s1. The molecule has 0 aromatic heterocycles. The zero-order valence-corrected chi connectivity index (χ0v) is 14.2. The van der Waals surface area contributed by atoms with E-state index in [0.717, 1.165) is 0 Å². The second-order valence-electron chi connectivity index (χ2n) is 7.14. The molecule has 136 valence electrons. The molecule has 3 aliphatic rings. The minimum atomic E-state index is -1.39. The molecule has 6 atom stereocenters. The van der Waals surface area contributed by atoms with E-state index in [1.165, 1.54) is 6.92 Å². The van der Waals surface area contributed by atoms with Crippen LogP contribution in [0.1, 0.15) is 34.6 Å². The number of rotatable bonds is 3. The van der Waals surface area contributed by atoms with Crippen molar-refractivity contribution in [2.45, 2.75) is 82.9 Å². The Morgan fingerprint density at radius 2 is 1.50 bits per heavy atom. The van der Waals surface area contributed by atoms with Crippen LogP contribution in [0.4, 0.5) is 0 Å². The topological polar surface area (TPSA) is 115 Å². The van der Waals surface area contributed by atoms with Gasteiger partial charge in [0, 0.05) is 0 Å². The molecule has 0 aromatic carbocycles. The highest BCUT2D eigenvalue weighted by atomic mass is 16.9. The van der Waals surface area contributed by atoms with Crippen molar-refractivity contribution in [3.63, 3.8) is 0 Å². The molecule has 0 unspecified atom stereocenters. The molecule has 0 aromatic rings. The summed E-state index contributed by atoms with van der Waals surface area (Å²) >= 11 is 0. The summed E-state index contributed by atoms with van der Waals surface area (Å²) in [5.41, 5.74) is 0. The van der Waals surface area contributed by atoms with E-state index in [2.05, 4.69) is 5.32 Å². The highest BCUT2D eigenvalue weighted by Crippen LogP contribution is 2.44. The Morgan fingerprint density at radius 3 is 2.12 bits per heavy atom. The minimum Gasteiger partial charge on any atom is -0.548 e. The molecular formula is C15H22NO8-. The highest BCUT2D eigenvalue weighted by Gasteiger charge is 2.62. The minimum absolute atomic E-state index is 0.547. The van der Waals surface area contributed by atoms with Gasteiger partial charge < -0.3 is 38.9 Å². The molecule has 9 heteroatoms. The first-order valence-corrected chi connectivity index (χ1v) is 7.87. The van der Waals surface area contributed by atoms with E-state index in [-0.39, 0.29) is 0 Å². The number of nitrogens with one attached hydrogen (secondary N) is 1. The predicted molar refractivity (Wildman–Crippen MR) is 75.1 cm³/mol. The van der Waals surface area contributed by atoms with Crippen molar-refractivity contribution < 1.29 is 38.4 Å². The Labute approximate surface area is 139 Å². The second-order valence-corrected chi connectivity index (χ2v) is 7.14. The summed E-state index contributed by atoms with van der Waals surface area (Å²) in [4.78, 5) is 23.3. The van der Waals surface area contributed by atoms with Crippen molar-refractivity contribution in [1.29, 1.82) is 0 Å². The van der Waals surface area contributed by atoms with Crippen molar-refractivity contribution in [1.82, 2.24) is 5.32 Å². The number of carbonyl (C=O) groups is 2. The number of ether oxygens (including phenoxy) is 5. The third kappa shape index (κ3) is 3.14. The number of amides is 1. The van der Waals surface area contributed by atoms with E-state index in [1.807, 2.05) is 0 Å². The Bertz CT molecular complexity index is 548. The molecule has 3 saturated heterocycles. The van der Waals surface area contributed by atoms with Crippen molar-refractivity contribution in [2.24, 2.45) is 0 Å². The maximum absolute atomic E-state index is 12.5. The molecule has 0 radical (unpaired) electrons. The van der Waals surface area contributed by atoms with E-state index >= 15 is 0 Å². The molecule has 3 heterocycles. The summed E-state index contributed by atoms with van der Waals surface area (Å²) in [6.45, 7) is 8.22. The molecule has 3 aliphatic heterocycles. The molecule has 0 saturated carbocycles. The average Bonchev–Trinajstić information content (AvgIpc) is 2.91. The summed E-state index contributed by atoms with van der Waals surface area (Å²) in [5.74, 6) is -3.84. The normalized spacial score (nSPS) is 40.5. The van der Waals surface area contributed by atoms with Crippen LogP contribution in [-0.4, -0.2) is 60.2 Å². The van der Waals surface area contributed by atoms with Crippen LogP contribution in [0.15, 0.2) is 0 Å². The zero-order chi connectivity index (χ0) is 17.9. The van der Waals surface area contributed by atoms with Gasteiger partial charge in [0.15, 0.2) is 24.0 Å². The molecular weight excluding hydrogens is 322 g/mol. The van der Waals surface area contributed by atoms with Crippen molar-refractivity contribution in [2.75, 3.05) is 0 Å². The third-order valence-corrected chi connectivity index (χ3v) is 4.13. The van der Waals surface area contributed by atoms with Crippen LogP contribution < -0.4 is 10.4 Å². The SMILES string of the molecule is C[C@@H](NC(=O)[C@H]1O[C@H]2OC(C)(C)O[C@@H]2[C@H]2OC(C)(C)O[C@@H]21)C(=O)[O-]. The molecule has 3 fully saturated rings. The molecule has 0 bridgehead atoms. The van der Waals surface area contributed by atoms with Gasteiger partial charge in [-0.3, -0.25) is 4.79 Å². The fraction of sp³-hybridized carbons (Fsp3) is 0.867. The zero-order valence-electron chi connectivity index (χ0n) is 14.2. The van der Waals surface area contributed by atoms with E-state index < -0.39 is 60.2 Å². The number of carboxylic acid groups (broad SMARTS) is 1. The number of hydrogen-bond acceptors (Lipinski definition) is 8. The van der Waals surface area contributed by atoms with Gasteiger partial charge in [-0.05, 0) is 34.6 Å². The Balaban J connectivity index is 1.82. The highest BCUT2D eigenvalue weighted by molar-refractivity contribution is 5.86. The fourth-order valence-electron chi connectivity index (χ4n) is 3.18. The first-order valence-electron chi connectivity index (χ1n) is 7.87. The average molecular weight is 344 g/mol. The number of fused-ring (bicyclic) bond motifs is 3. The lowest BCUT2D eigenvalue weighted by Crippen LogP contribution is -2.61.